The van der Waals surface area contributed by atoms with Gasteiger partial charge in [-0.1, -0.05) is 0 Å². The Bertz CT molecular complexity index is 567. The summed E-state index contributed by atoms with van der Waals surface area (Å²) in [6.07, 6.45) is 1.56. The molecular formula is C11H17N3O3S2. The van der Waals surface area contributed by atoms with Crippen LogP contribution in [0.2, 0.25) is 0 Å². The van der Waals surface area contributed by atoms with E-state index in [1.165, 1.54) is 18.6 Å². The topological polar surface area (TPSA) is 79.4 Å². The van der Waals surface area contributed by atoms with Crippen LogP contribution in [0.3, 0.4) is 0 Å². The Morgan fingerprint density at radius 2 is 2.37 bits per heavy atom. The minimum atomic E-state index is -3.31. The highest BCUT2D eigenvalue weighted by molar-refractivity contribution is 7.89. The van der Waals surface area contributed by atoms with Gasteiger partial charge in [0.25, 0.3) is 5.91 Å². The Labute approximate surface area is 117 Å². The van der Waals surface area contributed by atoms with E-state index >= 15 is 0 Å². The SMILES string of the molecule is CNS(=O)(=O)CC1CCCN1C(=O)c1csnc1C. The number of aryl methyl sites for hydroxylation is 1. The van der Waals surface area contributed by atoms with Crippen LogP contribution in [0.5, 0.6) is 0 Å². The zero-order valence-electron chi connectivity index (χ0n) is 10.9. The Hall–Kier alpha value is -0.990. The first-order valence-electron chi connectivity index (χ1n) is 6.08. The molecule has 1 aromatic rings. The maximum absolute atomic E-state index is 12.4. The smallest absolute Gasteiger partial charge is 0.256 e. The second kappa shape index (κ2) is 5.56. The Balaban J connectivity index is 2.15. The molecule has 1 amide bonds. The third-order valence-corrected chi connectivity index (χ3v) is 5.51. The molecule has 2 rings (SSSR count). The lowest BCUT2D eigenvalue weighted by Crippen LogP contribution is -2.41. The monoisotopic (exact) mass is 303 g/mol. The van der Waals surface area contributed by atoms with Gasteiger partial charge in [0.1, 0.15) is 0 Å². The van der Waals surface area contributed by atoms with Gasteiger partial charge in [-0.3, -0.25) is 4.79 Å². The van der Waals surface area contributed by atoms with Gasteiger partial charge in [-0.25, -0.2) is 13.1 Å². The molecule has 8 heteroatoms. The van der Waals surface area contributed by atoms with Gasteiger partial charge in [-0.05, 0) is 38.3 Å². The van der Waals surface area contributed by atoms with Crippen LogP contribution >= 0.6 is 11.5 Å². The summed E-state index contributed by atoms with van der Waals surface area (Å²) in [5.41, 5.74) is 1.29. The molecule has 0 bridgehead atoms. The van der Waals surface area contributed by atoms with E-state index in [-0.39, 0.29) is 17.7 Å². The molecule has 6 nitrogen and oxygen atoms in total. The number of hydrogen-bond acceptors (Lipinski definition) is 5. The molecule has 0 aliphatic carbocycles. The van der Waals surface area contributed by atoms with E-state index < -0.39 is 10.0 Å². The van der Waals surface area contributed by atoms with Crippen LogP contribution in [0, 0.1) is 6.92 Å². The van der Waals surface area contributed by atoms with Crippen LogP contribution < -0.4 is 4.72 Å². The van der Waals surface area contributed by atoms with Gasteiger partial charge in [-0.15, -0.1) is 0 Å². The van der Waals surface area contributed by atoms with Gasteiger partial charge in [0.05, 0.1) is 17.0 Å². The number of sulfonamides is 1. The van der Waals surface area contributed by atoms with Crippen molar-refractivity contribution in [3.63, 3.8) is 0 Å². The van der Waals surface area contributed by atoms with Crippen molar-refractivity contribution in [3.05, 3.63) is 16.6 Å². The molecule has 1 aromatic heterocycles. The normalized spacial score (nSPS) is 19.9. The third kappa shape index (κ3) is 3.13. The molecular weight excluding hydrogens is 286 g/mol. The quantitative estimate of drug-likeness (QED) is 0.883. The van der Waals surface area contributed by atoms with Crippen LogP contribution in [-0.2, 0) is 10.0 Å². The van der Waals surface area contributed by atoms with Crippen molar-refractivity contribution in [2.75, 3.05) is 19.3 Å². The summed E-state index contributed by atoms with van der Waals surface area (Å²) in [5, 5.41) is 1.72. The van der Waals surface area contributed by atoms with Crippen molar-refractivity contribution in [2.24, 2.45) is 0 Å². The summed E-state index contributed by atoms with van der Waals surface area (Å²) >= 11 is 1.24. The number of rotatable bonds is 4. The first-order chi connectivity index (χ1) is 8.94. The molecule has 0 spiro atoms. The van der Waals surface area contributed by atoms with Gasteiger partial charge in [0, 0.05) is 18.0 Å². The number of amides is 1. The number of likely N-dealkylation sites (tertiary alicyclic amines) is 1. The summed E-state index contributed by atoms with van der Waals surface area (Å²) < 4.78 is 29.6. The standard InChI is InChI=1S/C11H17N3O3S2/c1-8-10(6-18-13-8)11(15)14-5-3-4-9(14)7-19(16,17)12-2/h6,9,12H,3-5,7H2,1-2H3. The van der Waals surface area contributed by atoms with Crippen LogP contribution in [-0.4, -0.2) is 49.0 Å². The van der Waals surface area contributed by atoms with E-state index in [1.54, 1.807) is 17.2 Å². The van der Waals surface area contributed by atoms with Gasteiger partial charge in [0.2, 0.25) is 10.0 Å². The molecule has 0 radical (unpaired) electrons. The Morgan fingerprint density at radius 3 is 2.95 bits per heavy atom. The molecule has 0 aromatic carbocycles. The summed E-state index contributed by atoms with van der Waals surface area (Å²) in [6, 6.07) is -0.246. The molecule has 19 heavy (non-hydrogen) atoms. The zero-order chi connectivity index (χ0) is 14.0. The van der Waals surface area contributed by atoms with Crippen LogP contribution in [0.25, 0.3) is 0 Å². The van der Waals surface area contributed by atoms with Crippen molar-refractivity contribution >= 4 is 27.5 Å². The lowest BCUT2D eigenvalue weighted by Gasteiger charge is -2.24. The van der Waals surface area contributed by atoms with E-state index in [0.29, 0.717) is 17.8 Å². The fourth-order valence-electron chi connectivity index (χ4n) is 2.27. The maximum atomic E-state index is 12.4. The maximum Gasteiger partial charge on any atom is 0.256 e. The minimum absolute atomic E-state index is 0.0359. The lowest BCUT2D eigenvalue weighted by atomic mass is 10.2. The van der Waals surface area contributed by atoms with Crippen molar-refractivity contribution in [1.82, 2.24) is 14.0 Å². The molecule has 0 saturated carbocycles. The Kier molecular flexibility index (Phi) is 4.22. The fourth-order valence-corrected chi connectivity index (χ4v) is 3.97. The molecule has 2 heterocycles. The van der Waals surface area contributed by atoms with Crippen molar-refractivity contribution in [1.29, 1.82) is 0 Å². The predicted molar refractivity (Wildman–Crippen MR) is 73.8 cm³/mol. The number of nitrogens with zero attached hydrogens (tertiary/aromatic N) is 2. The molecule has 1 atom stereocenters. The molecule has 106 valence electrons. The van der Waals surface area contributed by atoms with Crippen LogP contribution in [0.15, 0.2) is 5.38 Å². The molecule has 1 unspecified atom stereocenters. The first kappa shape index (κ1) is 14.4. The molecule has 1 fully saturated rings. The van der Waals surface area contributed by atoms with Crippen molar-refractivity contribution < 1.29 is 13.2 Å². The van der Waals surface area contributed by atoms with E-state index in [0.717, 1.165) is 12.8 Å². The third-order valence-electron chi connectivity index (χ3n) is 3.34. The summed E-state index contributed by atoms with van der Waals surface area (Å²) in [5.74, 6) is -0.147. The molecule has 1 N–H and O–H groups in total. The van der Waals surface area contributed by atoms with E-state index in [9.17, 15) is 13.2 Å². The van der Waals surface area contributed by atoms with E-state index in [2.05, 4.69) is 9.10 Å². The van der Waals surface area contributed by atoms with Gasteiger partial charge < -0.3 is 4.90 Å². The largest absolute Gasteiger partial charge is 0.335 e. The Morgan fingerprint density at radius 1 is 1.63 bits per heavy atom. The first-order valence-corrected chi connectivity index (χ1v) is 8.56. The van der Waals surface area contributed by atoms with Crippen LogP contribution in [0.4, 0.5) is 0 Å². The highest BCUT2D eigenvalue weighted by Crippen LogP contribution is 2.23. The second-order valence-electron chi connectivity index (χ2n) is 4.59. The molecule has 1 saturated heterocycles. The summed E-state index contributed by atoms with van der Waals surface area (Å²) in [4.78, 5) is 14.0. The van der Waals surface area contributed by atoms with Crippen LogP contribution in [0.1, 0.15) is 28.9 Å². The van der Waals surface area contributed by atoms with Crippen molar-refractivity contribution in [3.8, 4) is 0 Å². The number of aromatic nitrogens is 1. The average molecular weight is 303 g/mol. The minimum Gasteiger partial charge on any atom is -0.335 e. The number of carbonyl (C=O) groups excluding carboxylic acids is 1. The lowest BCUT2D eigenvalue weighted by molar-refractivity contribution is 0.0748. The molecule has 1 aliphatic heterocycles. The highest BCUT2D eigenvalue weighted by Gasteiger charge is 2.33. The van der Waals surface area contributed by atoms with Gasteiger partial charge >= 0.3 is 0 Å². The van der Waals surface area contributed by atoms with Gasteiger partial charge in [0.15, 0.2) is 0 Å². The highest BCUT2D eigenvalue weighted by atomic mass is 32.2. The number of nitrogens with one attached hydrogen (secondary N) is 1. The van der Waals surface area contributed by atoms with E-state index in [1.807, 2.05) is 0 Å². The number of carbonyl (C=O) groups is 1. The average Bonchev–Trinajstić information content (AvgIpc) is 2.97. The van der Waals surface area contributed by atoms with Crippen molar-refractivity contribution in [2.45, 2.75) is 25.8 Å². The predicted octanol–water partition coefficient (Wildman–Crippen LogP) is 0.605. The fraction of sp³-hybridized carbons (Fsp3) is 0.636. The summed E-state index contributed by atoms with van der Waals surface area (Å²) in [7, 11) is -1.91. The number of hydrogen-bond donors (Lipinski definition) is 1. The van der Waals surface area contributed by atoms with Gasteiger partial charge in [-0.2, -0.15) is 4.37 Å². The van der Waals surface area contributed by atoms with E-state index in [4.69, 9.17) is 0 Å². The molecule has 1 aliphatic rings. The zero-order valence-corrected chi connectivity index (χ0v) is 12.6. The summed E-state index contributed by atoms with van der Waals surface area (Å²) in [6.45, 7) is 2.40. The second-order valence-corrected chi connectivity index (χ2v) is 7.19.